The number of fused-ring (bicyclic) bond motifs is 1. The Morgan fingerprint density at radius 3 is 2.35 bits per heavy atom. The van der Waals surface area contributed by atoms with Gasteiger partial charge in [0, 0.05) is 29.7 Å². The summed E-state index contributed by atoms with van der Waals surface area (Å²) in [5, 5.41) is 8.47. The van der Waals surface area contributed by atoms with E-state index in [-0.39, 0.29) is 48.4 Å². The quantitative estimate of drug-likeness (QED) is 0.332. The van der Waals surface area contributed by atoms with Crippen molar-refractivity contribution in [2.45, 2.75) is 24.5 Å². The lowest BCUT2D eigenvalue weighted by Crippen LogP contribution is -2.41. The lowest BCUT2D eigenvalue weighted by molar-refractivity contribution is 0.0706. The summed E-state index contributed by atoms with van der Waals surface area (Å²) in [5.41, 5.74) is 1.43. The molecule has 2 amide bonds. The molecule has 0 aliphatic carbocycles. The predicted molar refractivity (Wildman–Crippen MR) is 153 cm³/mol. The number of nitrogens with two attached hydrogens (primary N) is 1. The Morgan fingerprint density at radius 2 is 1.70 bits per heavy atom. The highest BCUT2D eigenvalue weighted by Crippen LogP contribution is 2.26. The van der Waals surface area contributed by atoms with Crippen LogP contribution in [0.5, 0.6) is 0 Å². The van der Waals surface area contributed by atoms with E-state index in [0.717, 1.165) is 5.56 Å². The number of primary sulfonamides is 1. The Balaban J connectivity index is 1.56. The van der Waals surface area contributed by atoms with Crippen LogP contribution >= 0.6 is 27.5 Å². The maximum absolute atomic E-state index is 13.6. The molecule has 0 saturated carbocycles. The summed E-state index contributed by atoms with van der Waals surface area (Å²) in [4.78, 5) is 42.0. The average molecular weight is 645 g/mol. The molecule has 2 heterocycles. The lowest BCUT2D eigenvalue weighted by Gasteiger charge is -2.28. The van der Waals surface area contributed by atoms with E-state index in [0.29, 0.717) is 20.8 Å². The number of nitrogens with one attached hydrogen (secondary N) is 1. The second kappa shape index (κ2) is 11.0. The molecule has 13 heteroatoms. The zero-order chi connectivity index (χ0) is 28.6. The summed E-state index contributed by atoms with van der Waals surface area (Å²) >= 11 is 9.51. The van der Waals surface area contributed by atoms with Crippen molar-refractivity contribution >= 4 is 49.4 Å². The lowest BCUT2D eigenvalue weighted by atomic mass is 10.1. The number of carbonyl (C=O) groups excluding carboxylic acids is 2. The van der Waals surface area contributed by atoms with Crippen molar-refractivity contribution in [1.29, 1.82) is 0 Å². The Hall–Kier alpha value is -3.71. The molecule has 1 aliphatic rings. The van der Waals surface area contributed by atoms with Gasteiger partial charge in [-0.05, 0) is 64.0 Å². The molecule has 0 radical (unpaired) electrons. The molecule has 3 N–H and O–H groups in total. The normalized spacial score (nSPS) is 13.1. The molecule has 0 spiro atoms. The van der Waals surface area contributed by atoms with E-state index in [1.165, 1.54) is 33.4 Å². The van der Waals surface area contributed by atoms with Crippen LogP contribution in [0.2, 0.25) is 5.02 Å². The van der Waals surface area contributed by atoms with E-state index in [1.54, 1.807) is 23.1 Å². The van der Waals surface area contributed by atoms with E-state index >= 15 is 0 Å². The minimum Gasteiger partial charge on any atom is -0.347 e. The number of halogens is 2. The third kappa shape index (κ3) is 5.48. The topological polar surface area (TPSA) is 136 Å². The van der Waals surface area contributed by atoms with Gasteiger partial charge in [-0.1, -0.05) is 41.9 Å². The molecule has 0 atom stereocenters. The number of rotatable bonds is 6. The monoisotopic (exact) mass is 643 g/mol. The Morgan fingerprint density at radius 1 is 1.00 bits per heavy atom. The van der Waals surface area contributed by atoms with Crippen LogP contribution in [-0.2, 0) is 29.7 Å². The van der Waals surface area contributed by atoms with Crippen LogP contribution in [0.4, 0.5) is 0 Å². The van der Waals surface area contributed by atoms with Gasteiger partial charge in [-0.2, -0.15) is 0 Å². The van der Waals surface area contributed by atoms with Crippen LogP contribution in [0.25, 0.3) is 5.69 Å². The van der Waals surface area contributed by atoms with Crippen LogP contribution in [0.15, 0.2) is 87.0 Å². The minimum atomic E-state index is -3.96. The Kier molecular flexibility index (Phi) is 7.69. The highest BCUT2D eigenvalue weighted by molar-refractivity contribution is 9.10. The molecule has 0 bridgehead atoms. The number of nitrogens with zero attached hydrogens (tertiary/aromatic N) is 3. The van der Waals surface area contributed by atoms with Crippen LogP contribution in [0.1, 0.15) is 32.1 Å². The molecule has 10 nitrogen and oxygen atoms in total. The van der Waals surface area contributed by atoms with E-state index in [9.17, 15) is 22.8 Å². The number of carbonyl (C=O) groups is 2. The van der Waals surface area contributed by atoms with E-state index < -0.39 is 21.6 Å². The van der Waals surface area contributed by atoms with Gasteiger partial charge < -0.3 is 10.2 Å². The molecular weight excluding hydrogens is 622 g/mol. The fraction of sp³-hybridized carbons (Fsp3) is 0.148. The van der Waals surface area contributed by atoms with Gasteiger partial charge in [0.1, 0.15) is 5.69 Å². The fourth-order valence-electron chi connectivity index (χ4n) is 4.56. The van der Waals surface area contributed by atoms with E-state index in [4.69, 9.17) is 16.7 Å². The molecule has 3 aromatic carbocycles. The molecule has 0 unspecified atom stereocenters. The Bertz CT molecular complexity index is 1790. The van der Waals surface area contributed by atoms with Crippen LogP contribution in [0.3, 0.4) is 0 Å². The molecule has 0 saturated heterocycles. The van der Waals surface area contributed by atoms with Gasteiger partial charge in [0.25, 0.3) is 11.8 Å². The van der Waals surface area contributed by atoms with Gasteiger partial charge in [0.15, 0.2) is 0 Å². The number of aromatic nitrogens is 2. The first-order valence-electron chi connectivity index (χ1n) is 12.1. The highest BCUT2D eigenvalue weighted by Gasteiger charge is 2.32. The number of benzene rings is 3. The second-order valence-electron chi connectivity index (χ2n) is 9.13. The standard InChI is InChI=1S/C27H23BrClN5O5S/c28-21-11-6-18(14-22(21)29)26(36)32-12-13-33-23(16-32)24(25(35)31-15-17-4-2-1-3-5-17)34(27(33)37)19-7-9-20(10-8-19)40(30,38)39/h1-11,14H,12-13,15-16H2,(H,31,35)(H2,30,38,39). The van der Waals surface area contributed by atoms with Crippen molar-refractivity contribution in [3.05, 3.63) is 115 Å². The summed E-state index contributed by atoms with van der Waals surface area (Å²) in [6, 6.07) is 19.5. The molecule has 1 aliphatic heterocycles. The second-order valence-corrected chi connectivity index (χ2v) is 12.0. The van der Waals surface area contributed by atoms with Gasteiger partial charge in [-0.25, -0.2) is 18.4 Å². The summed E-state index contributed by atoms with van der Waals surface area (Å²) in [6.07, 6.45) is 0. The first-order valence-corrected chi connectivity index (χ1v) is 14.8. The average Bonchev–Trinajstić information content (AvgIpc) is 3.24. The summed E-state index contributed by atoms with van der Waals surface area (Å²) in [5.74, 6) is -0.819. The summed E-state index contributed by atoms with van der Waals surface area (Å²) in [7, 11) is -3.96. The predicted octanol–water partition coefficient (Wildman–Crippen LogP) is 3.29. The smallest absolute Gasteiger partial charge is 0.333 e. The molecule has 206 valence electrons. The highest BCUT2D eigenvalue weighted by atomic mass is 79.9. The first kappa shape index (κ1) is 27.8. The molecule has 5 rings (SSSR count). The SMILES string of the molecule is NS(=O)(=O)c1ccc(-n2c(C(=O)NCc3ccccc3)c3n(c2=O)CCN(C(=O)c2ccc(Br)c(Cl)c2)C3)cc1. The van der Waals surface area contributed by atoms with Crippen molar-refractivity contribution in [2.75, 3.05) is 6.54 Å². The maximum atomic E-state index is 13.6. The zero-order valence-electron chi connectivity index (χ0n) is 20.9. The number of imidazole rings is 1. The number of hydrogen-bond donors (Lipinski definition) is 2. The van der Waals surface area contributed by atoms with E-state index in [1.807, 2.05) is 30.3 Å². The third-order valence-corrected chi connectivity index (χ3v) is 8.73. The molecular formula is C27H23BrClN5O5S. The molecule has 1 aromatic heterocycles. The summed E-state index contributed by atoms with van der Waals surface area (Å²) < 4.78 is 26.8. The van der Waals surface area contributed by atoms with Gasteiger partial charge >= 0.3 is 5.69 Å². The molecule has 40 heavy (non-hydrogen) atoms. The first-order chi connectivity index (χ1) is 19.0. The Labute approximate surface area is 243 Å². The van der Waals surface area contributed by atoms with Crippen molar-refractivity contribution in [3.8, 4) is 5.69 Å². The van der Waals surface area contributed by atoms with Gasteiger partial charge in [0.05, 0.1) is 27.8 Å². The minimum absolute atomic E-state index is 0.00188. The van der Waals surface area contributed by atoms with Crippen LogP contribution in [-0.4, -0.2) is 40.8 Å². The van der Waals surface area contributed by atoms with Crippen molar-refractivity contribution in [1.82, 2.24) is 19.4 Å². The molecule has 0 fully saturated rings. The summed E-state index contributed by atoms with van der Waals surface area (Å²) in [6.45, 7) is 0.602. The van der Waals surface area contributed by atoms with Crippen molar-refractivity contribution < 1.29 is 18.0 Å². The van der Waals surface area contributed by atoms with Crippen LogP contribution in [0, 0.1) is 0 Å². The number of sulfonamides is 1. The van der Waals surface area contributed by atoms with Crippen LogP contribution < -0.4 is 16.1 Å². The third-order valence-electron chi connectivity index (χ3n) is 6.57. The fourth-order valence-corrected chi connectivity index (χ4v) is 5.51. The van der Waals surface area contributed by atoms with Crippen molar-refractivity contribution in [2.24, 2.45) is 5.14 Å². The largest absolute Gasteiger partial charge is 0.347 e. The van der Waals surface area contributed by atoms with Gasteiger partial charge in [-0.15, -0.1) is 0 Å². The van der Waals surface area contributed by atoms with Gasteiger partial charge in [0.2, 0.25) is 10.0 Å². The number of hydrogen-bond acceptors (Lipinski definition) is 5. The number of amides is 2. The van der Waals surface area contributed by atoms with E-state index in [2.05, 4.69) is 21.2 Å². The van der Waals surface area contributed by atoms with Gasteiger partial charge in [-0.3, -0.25) is 18.7 Å². The zero-order valence-corrected chi connectivity index (χ0v) is 24.0. The maximum Gasteiger partial charge on any atom is 0.333 e. The van der Waals surface area contributed by atoms with Crippen molar-refractivity contribution in [3.63, 3.8) is 0 Å². The molecule has 4 aromatic rings.